The summed E-state index contributed by atoms with van der Waals surface area (Å²) in [5, 5.41) is 0. The van der Waals surface area contributed by atoms with E-state index in [1.54, 1.807) is 22.3 Å². The third kappa shape index (κ3) is 4.29. The Morgan fingerprint density at radius 3 is 1.71 bits per heavy atom. The third-order valence-electron chi connectivity index (χ3n) is 4.86. The average Bonchev–Trinajstić information content (AvgIpc) is 2.60. The normalized spacial score (nSPS) is 11.0. The van der Waals surface area contributed by atoms with Gasteiger partial charge in [0.05, 0.1) is 0 Å². The molecule has 0 amide bonds. The summed E-state index contributed by atoms with van der Waals surface area (Å²) in [5.74, 6) is 0. The van der Waals surface area contributed by atoms with Crippen LogP contribution >= 0.6 is 0 Å². The molecule has 0 nitrogen and oxygen atoms in total. The third-order valence-corrected chi connectivity index (χ3v) is 4.86. The lowest BCUT2D eigenvalue weighted by Gasteiger charge is -2.23. The van der Waals surface area contributed by atoms with Gasteiger partial charge in [0.15, 0.2) is 0 Å². The van der Waals surface area contributed by atoms with Crippen LogP contribution < -0.4 is 0 Å². The van der Waals surface area contributed by atoms with E-state index in [9.17, 15) is 0 Å². The SMILES string of the molecule is CCCc1cc(-c2ccccc2)c(CCC)c(CCC)c1CCC. The van der Waals surface area contributed by atoms with Crippen molar-refractivity contribution in [1.29, 1.82) is 0 Å². The average molecular weight is 323 g/mol. The van der Waals surface area contributed by atoms with Gasteiger partial charge in [0.1, 0.15) is 0 Å². The Morgan fingerprint density at radius 2 is 1.12 bits per heavy atom. The van der Waals surface area contributed by atoms with Crippen molar-refractivity contribution in [2.75, 3.05) is 0 Å². The predicted octanol–water partition coefficient (Wildman–Crippen LogP) is 7.16. The molecule has 0 aromatic heterocycles. The van der Waals surface area contributed by atoms with Crippen molar-refractivity contribution in [3.05, 3.63) is 58.7 Å². The highest BCUT2D eigenvalue weighted by molar-refractivity contribution is 5.71. The maximum Gasteiger partial charge on any atom is -0.0146 e. The molecule has 0 fully saturated rings. The fraction of sp³-hybridized carbons (Fsp3) is 0.500. The molecule has 24 heavy (non-hydrogen) atoms. The van der Waals surface area contributed by atoms with Gasteiger partial charge < -0.3 is 0 Å². The Hall–Kier alpha value is -1.56. The second-order valence-corrected chi connectivity index (χ2v) is 6.88. The van der Waals surface area contributed by atoms with Crippen LogP contribution in [0.1, 0.15) is 75.6 Å². The zero-order valence-electron chi connectivity index (χ0n) is 16.1. The zero-order chi connectivity index (χ0) is 17.4. The van der Waals surface area contributed by atoms with Gasteiger partial charge in [-0.05, 0) is 59.1 Å². The number of hydrogen-bond donors (Lipinski definition) is 0. The first kappa shape index (κ1) is 18.8. The standard InChI is InChI=1S/C24H34/c1-5-12-20-18-24(19-16-10-9-11-17-19)23(15-8-4)22(14-7-3)21(20)13-6-2/h9-11,16-18H,5-8,12-15H2,1-4H3. The van der Waals surface area contributed by atoms with Crippen LogP contribution in [0, 0.1) is 0 Å². The minimum Gasteiger partial charge on any atom is -0.0651 e. The fourth-order valence-corrected chi connectivity index (χ4v) is 3.90. The molecule has 0 heterocycles. The molecule has 2 aromatic rings. The van der Waals surface area contributed by atoms with Gasteiger partial charge in [-0.3, -0.25) is 0 Å². The lowest BCUT2D eigenvalue weighted by molar-refractivity contribution is 0.803. The molecule has 0 aliphatic rings. The highest BCUT2D eigenvalue weighted by atomic mass is 14.2. The molecular weight excluding hydrogens is 288 g/mol. The molecule has 0 bridgehead atoms. The van der Waals surface area contributed by atoms with Crippen molar-refractivity contribution in [3.8, 4) is 11.1 Å². The molecule has 0 radical (unpaired) electrons. The van der Waals surface area contributed by atoms with Crippen molar-refractivity contribution in [2.45, 2.75) is 79.1 Å². The first-order chi connectivity index (χ1) is 11.8. The Bertz CT molecular complexity index is 622. The molecule has 0 spiro atoms. The van der Waals surface area contributed by atoms with Crippen molar-refractivity contribution < 1.29 is 0 Å². The molecule has 0 atom stereocenters. The molecule has 0 saturated carbocycles. The lowest BCUT2D eigenvalue weighted by atomic mass is 9.82. The summed E-state index contributed by atoms with van der Waals surface area (Å²) in [5.41, 5.74) is 9.44. The highest BCUT2D eigenvalue weighted by Crippen LogP contribution is 2.34. The van der Waals surface area contributed by atoms with Crippen LogP contribution in [0.15, 0.2) is 36.4 Å². The van der Waals surface area contributed by atoms with Crippen molar-refractivity contribution in [3.63, 3.8) is 0 Å². The second kappa shape index (κ2) is 9.67. The Kier molecular flexibility index (Phi) is 7.56. The van der Waals surface area contributed by atoms with E-state index in [-0.39, 0.29) is 0 Å². The van der Waals surface area contributed by atoms with E-state index in [4.69, 9.17) is 0 Å². The van der Waals surface area contributed by atoms with Gasteiger partial charge in [-0.2, -0.15) is 0 Å². The van der Waals surface area contributed by atoms with Gasteiger partial charge in [0.2, 0.25) is 0 Å². The van der Waals surface area contributed by atoms with E-state index in [0.717, 1.165) is 0 Å². The molecule has 0 unspecified atom stereocenters. The lowest BCUT2D eigenvalue weighted by Crippen LogP contribution is -2.07. The summed E-state index contributed by atoms with van der Waals surface area (Å²) in [4.78, 5) is 0. The molecule has 0 aliphatic heterocycles. The topological polar surface area (TPSA) is 0 Å². The van der Waals surface area contributed by atoms with Gasteiger partial charge in [-0.15, -0.1) is 0 Å². The van der Waals surface area contributed by atoms with E-state index < -0.39 is 0 Å². The van der Waals surface area contributed by atoms with Crippen LogP contribution in [0.3, 0.4) is 0 Å². The van der Waals surface area contributed by atoms with E-state index in [2.05, 4.69) is 64.1 Å². The first-order valence-corrected chi connectivity index (χ1v) is 9.98. The van der Waals surface area contributed by atoms with Gasteiger partial charge in [0.25, 0.3) is 0 Å². The minimum atomic E-state index is 1.20. The fourth-order valence-electron chi connectivity index (χ4n) is 3.90. The molecule has 130 valence electrons. The van der Waals surface area contributed by atoms with Crippen LogP contribution in [0.2, 0.25) is 0 Å². The van der Waals surface area contributed by atoms with Gasteiger partial charge >= 0.3 is 0 Å². The Balaban J connectivity index is 2.72. The summed E-state index contributed by atoms with van der Waals surface area (Å²) >= 11 is 0. The maximum absolute atomic E-state index is 2.52. The summed E-state index contributed by atoms with van der Waals surface area (Å²) in [6.07, 6.45) is 9.78. The largest absolute Gasteiger partial charge is 0.0651 e. The van der Waals surface area contributed by atoms with E-state index in [1.807, 2.05) is 0 Å². The summed E-state index contributed by atoms with van der Waals surface area (Å²) < 4.78 is 0. The van der Waals surface area contributed by atoms with E-state index >= 15 is 0 Å². The smallest absolute Gasteiger partial charge is 0.0146 e. The van der Waals surface area contributed by atoms with Crippen molar-refractivity contribution in [1.82, 2.24) is 0 Å². The Morgan fingerprint density at radius 1 is 0.583 bits per heavy atom. The summed E-state index contributed by atoms with van der Waals surface area (Å²) in [6, 6.07) is 13.5. The molecule has 0 aliphatic carbocycles. The summed E-state index contributed by atoms with van der Waals surface area (Å²) in [6.45, 7) is 9.25. The van der Waals surface area contributed by atoms with Crippen molar-refractivity contribution in [2.24, 2.45) is 0 Å². The van der Waals surface area contributed by atoms with Crippen LogP contribution in [0.4, 0.5) is 0 Å². The zero-order valence-corrected chi connectivity index (χ0v) is 16.1. The molecular formula is C24H34. The summed E-state index contributed by atoms with van der Waals surface area (Å²) in [7, 11) is 0. The maximum atomic E-state index is 2.52. The van der Waals surface area contributed by atoms with Gasteiger partial charge in [0, 0.05) is 0 Å². The highest BCUT2D eigenvalue weighted by Gasteiger charge is 2.17. The number of benzene rings is 2. The second-order valence-electron chi connectivity index (χ2n) is 6.88. The van der Waals surface area contributed by atoms with Crippen LogP contribution in [-0.4, -0.2) is 0 Å². The van der Waals surface area contributed by atoms with E-state index in [1.165, 1.54) is 62.5 Å². The molecule has 2 aromatic carbocycles. The van der Waals surface area contributed by atoms with Crippen LogP contribution in [-0.2, 0) is 25.7 Å². The van der Waals surface area contributed by atoms with Gasteiger partial charge in [-0.1, -0.05) is 89.8 Å². The van der Waals surface area contributed by atoms with Gasteiger partial charge in [-0.25, -0.2) is 0 Å². The monoisotopic (exact) mass is 322 g/mol. The first-order valence-electron chi connectivity index (χ1n) is 9.98. The van der Waals surface area contributed by atoms with Crippen LogP contribution in [0.25, 0.3) is 11.1 Å². The minimum absolute atomic E-state index is 1.20. The Labute approximate surface area is 149 Å². The quantitative estimate of drug-likeness (QED) is 0.459. The van der Waals surface area contributed by atoms with E-state index in [0.29, 0.717) is 0 Å². The predicted molar refractivity (Wildman–Crippen MR) is 108 cm³/mol. The van der Waals surface area contributed by atoms with Crippen LogP contribution in [0.5, 0.6) is 0 Å². The molecule has 0 heteroatoms. The molecule has 0 saturated heterocycles. The number of aryl methyl sites for hydroxylation is 1. The number of hydrogen-bond acceptors (Lipinski definition) is 0. The molecule has 2 rings (SSSR count). The van der Waals surface area contributed by atoms with Crippen molar-refractivity contribution >= 4 is 0 Å². The molecule has 0 N–H and O–H groups in total. The number of rotatable bonds is 9.